The van der Waals surface area contributed by atoms with Gasteiger partial charge in [-0.15, -0.1) is 0 Å². The summed E-state index contributed by atoms with van der Waals surface area (Å²) >= 11 is 0. The molecule has 1 aliphatic heterocycles. The van der Waals surface area contributed by atoms with Crippen molar-refractivity contribution in [2.45, 2.75) is 38.6 Å². The minimum absolute atomic E-state index is 0. The number of nitrogens with one attached hydrogen (secondary N) is 1. The number of benzene rings is 3. The number of rotatable bonds is 8. The number of aryl methyl sites for hydroxylation is 1. The summed E-state index contributed by atoms with van der Waals surface area (Å²) in [7, 11) is -1.64. The Morgan fingerprint density at radius 2 is 1.75 bits per heavy atom. The molecule has 3 aromatic rings. The van der Waals surface area contributed by atoms with Crippen molar-refractivity contribution >= 4 is 21.6 Å². The topological polar surface area (TPSA) is 84.9 Å². The molecular formula is C28H32N2O5S. The Bertz CT molecular complexity index is 1420. The van der Waals surface area contributed by atoms with E-state index in [0.717, 1.165) is 46.3 Å². The number of sulfonamides is 1. The molecule has 36 heavy (non-hydrogen) atoms. The lowest BCUT2D eigenvalue weighted by Gasteiger charge is -2.18. The zero-order valence-corrected chi connectivity index (χ0v) is 21.5. The smallest absolute Gasteiger partial charge is 0.235 e. The van der Waals surface area contributed by atoms with Gasteiger partial charge in [-0.2, -0.15) is 0 Å². The number of amides is 1. The standard InChI is InChI=1S/C28H30N2O5S.H2/c1-4-36(32,33)30(3)17-20-6-8-21(9-7-20)24-16-23(11-5-19(24)2)29-27(31)28(13-14-28)22-10-12-25-26(15-22)35-18-34-25;/h5-12,15-16H,4,13-14,17-18H2,1-3H3,(H,29,31);1H. The van der Waals surface area contributed by atoms with E-state index in [1.54, 1.807) is 14.0 Å². The first kappa shape index (κ1) is 24.3. The van der Waals surface area contributed by atoms with Crippen LogP contribution in [0.3, 0.4) is 0 Å². The zero-order chi connectivity index (χ0) is 25.5. The summed E-state index contributed by atoms with van der Waals surface area (Å²) in [5.41, 5.74) is 5.17. The van der Waals surface area contributed by atoms with E-state index in [1.807, 2.05) is 67.6 Å². The summed E-state index contributed by atoms with van der Waals surface area (Å²) in [6, 6.07) is 19.5. The summed E-state index contributed by atoms with van der Waals surface area (Å²) in [4.78, 5) is 13.3. The van der Waals surface area contributed by atoms with Crippen LogP contribution in [-0.2, 0) is 26.8 Å². The van der Waals surface area contributed by atoms with Crippen LogP contribution in [-0.4, -0.2) is 38.2 Å². The third-order valence-corrected chi connectivity index (χ3v) is 8.92. The van der Waals surface area contributed by atoms with E-state index in [2.05, 4.69) is 5.32 Å². The third-order valence-electron chi connectivity index (χ3n) is 7.12. The fourth-order valence-electron chi connectivity index (χ4n) is 4.59. The first-order valence-electron chi connectivity index (χ1n) is 12.1. The average molecular weight is 509 g/mol. The molecule has 1 amide bonds. The van der Waals surface area contributed by atoms with Crippen molar-refractivity contribution in [1.29, 1.82) is 0 Å². The van der Waals surface area contributed by atoms with Crippen LogP contribution in [0.2, 0.25) is 0 Å². The Morgan fingerprint density at radius 3 is 2.44 bits per heavy atom. The van der Waals surface area contributed by atoms with Crippen LogP contribution in [0.5, 0.6) is 11.5 Å². The van der Waals surface area contributed by atoms with E-state index in [9.17, 15) is 13.2 Å². The van der Waals surface area contributed by atoms with E-state index < -0.39 is 15.4 Å². The molecule has 0 aromatic heterocycles. The molecular weight excluding hydrogens is 476 g/mol. The molecule has 5 rings (SSSR count). The fraction of sp³-hybridized carbons (Fsp3) is 0.321. The summed E-state index contributed by atoms with van der Waals surface area (Å²) < 4.78 is 36.4. The van der Waals surface area contributed by atoms with Gasteiger partial charge in [0.25, 0.3) is 0 Å². The Labute approximate surface area is 213 Å². The zero-order valence-electron chi connectivity index (χ0n) is 20.7. The van der Waals surface area contributed by atoms with E-state index in [4.69, 9.17) is 9.47 Å². The maximum atomic E-state index is 13.3. The molecule has 1 aliphatic carbocycles. The molecule has 8 heteroatoms. The van der Waals surface area contributed by atoms with Crippen LogP contribution < -0.4 is 14.8 Å². The Morgan fingerprint density at radius 1 is 1.03 bits per heavy atom. The van der Waals surface area contributed by atoms with Gasteiger partial charge in [-0.05, 0) is 78.8 Å². The maximum Gasteiger partial charge on any atom is 0.235 e. The predicted octanol–water partition coefficient (Wildman–Crippen LogP) is 5.09. The highest BCUT2D eigenvalue weighted by Gasteiger charge is 2.51. The van der Waals surface area contributed by atoms with Gasteiger partial charge in [0.15, 0.2) is 11.5 Å². The maximum absolute atomic E-state index is 13.3. The molecule has 1 heterocycles. The van der Waals surface area contributed by atoms with Gasteiger partial charge < -0.3 is 14.8 Å². The highest BCUT2D eigenvalue weighted by molar-refractivity contribution is 7.89. The normalized spacial score (nSPS) is 15.7. The largest absolute Gasteiger partial charge is 0.454 e. The van der Waals surface area contributed by atoms with Crippen molar-refractivity contribution in [1.82, 2.24) is 4.31 Å². The minimum atomic E-state index is -3.23. The lowest BCUT2D eigenvalue weighted by atomic mass is 9.94. The number of anilines is 1. The number of carbonyl (C=O) groups excluding carboxylic acids is 1. The van der Waals surface area contributed by atoms with E-state index in [1.165, 1.54) is 4.31 Å². The highest BCUT2D eigenvalue weighted by Crippen LogP contribution is 2.51. The van der Waals surface area contributed by atoms with Crippen LogP contribution in [0.4, 0.5) is 5.69 Å². The van der Waals surface area contributed by atoms with E-state index in [-0.39, 0.29) is 19.9 Å². The Hall–Kier alpha value is -3.36. The molecule has 0 radical (unpaired) electrons. The van der Waals surface area contributed by atoms with E-state index in [0.29, 0.717) is 18.0 Å². The third kappa shape index (κ3) is 4.58. The van der Waals surface area contributed by atoms with Crippen LogP contribution in [0.1, 0.15) is 37.9 Å². The predicted molar refractivity (Wildman–Crippen MR) is 142 cm³/mol. The molecule has 190 valence electrons. The molecule has 0 unspecified atom stereocenters. The summed E-state index contributed by atoms with van der Waals surface area (Å²) in [5.74, 6) is 1.45. The first-order chi connectivity index (χ1) is 17.2. The van der Waals surface area contributed by atoms with Crippen LogP contribution in [0, 0.1) is 6.92 Å². The minimum Gasteiger partial charge on any atom is -0.454 e. The van der Waals surface area contributed by atoms with Crippen LogP contribution >= 0.6 is 0 Å². The highest BCUT2D eigenvalue weighted by atomic mass is 32.2. The fourth-order valence-corrected chi connectivity index (χ4v) is 5.38. The molecule has 0 bridgehead atoms. The second-order valence-corrected chi connectivity index (χ2v) is 11.9. The average Bonchev–Trinajstić information content (AvgIpc) is 3.56. The number of hydrogen-bond acceptors (Lipinski definition) is 5. The van der Waals surface area contributed by atoms with Gasteiger partial charge >= 0.3 is 0 Å². The Kier molecular flexibility index (Phi) is 6.26. The van der Waals surface area contributed by atoms with Crippen molar-refractivity contribution in [3.8, 4) is 22.6 Å². The second kappa shape index (κ2) is 9.26. The lowest BCUT2D eigenvalue weighted by molar-refractivity contribution is -0.118. The SMILES string of the molecule is CCS(=O)(=O)N(C)Cc1ccc(-c2cc(NC(=O)C3(c4ccc5c(c4)OCO5)CC3)ccc2C)cc1.[HH]. The molecule has 2 aliphatic rings. The van der Waals surface area contributed by atoms with Gasteiger partial charge in [-0.1, -0.05) is 36.4 Å². The van der Waals surface area contributed by atoms with Crippen molar-refractivity contribution in [2.75, 3.05) is 24.9 Å². The molecule has 7 nitrogen and oxygen atoms in total. The summed E-state index contributed by atoms with van der Waals surface area (Å²) in [6.45, 7) is 4.21. The van der Waals surface area contributed by atoms with Gasteiger partial charge in [-0.25, -0.2) is 12.7 Å². The van der Waals surface area contributed by atoms with E-state index >= 15 is 0 Å². The molecule has 0 atom stereocenters. The van der Waals surface area contributed by atoms with Gasteiger partial charge in [0.2, 0.25) is 22.7 Å². The monoisotopic (exact) mass is 508 g/mol. The van der Waals surface area contributed by atoms with Gasteiger partial charge in [0.1, 0.15) is 0 Å². The number of nitrogens with zero attached hydrogens (tertiary/aromatic N) is 1. The van der Waals surface area contributed by atoms with Gasteiger partial charge in [0.05, 0.1) is 11.2 Å². The second-order valence-electron chi connectivity index (χ2n) is 9.49. The lowest BCUT2D eigenvalue weighted by Crippen LogP contribution is -2.27. The summed E-state index contributed by atoms with van der Waals surface area (Å²) in [6.07, 6.45) is 1.59. The molecule has 1 fully saturated rings. The molecule has 1 N–H and O–H groups in total. The molecule has 1 saturated carbocycles. The molecule has 0 spiro atoms. The number of ether oxygens (including phenoxy) is 2. The van der Waals surface area contributed by atoms with Gasteiger partial charge in [0, 0.05) is 20.7 Å². The van der Waals surface area contributed by atoms with Crippen molar-refractivity contribution in [2.24, 2.45) is 0 Å². The number of carbonyl (C=O) groups is 1. The molecule has 0 saturated heterocycles. The summed E-state index contributed by atoms with van der Waals surface area (Å²) in [5, 5.41) is 3.12. The first-order valence-corrected chi connectivity index (χ1v) is 13.7. The quantitative estimate of drug-likeness (QED) is 0.458. The van der Waals surface area contributed by atoms with Gasteiger partial charge in [-0.3, -0.25) is 4.79 Å². The Balaban J connectivity index is 0.00000320. The number of fused-ring (bicyclic) bond motifs is 1. The van der Waals surface area contributed by atoms with Crippen molar-refractivity contribution in [3.05, 3.63) is 77.4 Å². The van der Waals surface area contributed by atoms with Crippen LogP contribution in [0.15, 0.2) is 60.7 Å². The number of hydrogen-bond donors (Lipinski definition) is 1. The van der Waals surface area contributed by atoms with Crippen molar-refractivity contribution < 1.29 is 24.1 Å². The van der Waals surface area contributed by atoms with Crippen LogP contribution in [0.25, 0.3) is 11.1 Å². The molecule has 3 aromatic carbocycles. The van der Waals surface area contributed by atoms with Crippen molar-refractivity contribution in [3.63, 3.8) is 0 Å².